The third kappa shape index (κ3) is 5.18. The van der Waals surface area contributed by atoms with Crippen molar-refractivity contribution < 1.29 is 24.0 Å². The number of non-ortho nitro benzene ring substituents is 1. The number of esters is 1. The van der Waals surface area contributed by atoms with Gasteiger partial charge >= 0.3 is 5.97 Å². The second-order valence-corrected chi connectivity index (χ2v) is 8.14. The summed E-state index contributed by atoms with van der Waals surface area (Å²) < 4.78 is 10.3. The molecule has 0 radical (unpaired) electrons. The maximum atomic E-state index is 13.0. The van der Waals surface area contributed by atoms with Crippen molar-refractivity contribution in [3.63, 3.8) is 0 Å². The number of hydrogen-bond donors (Lipinski definition) is 1. The van der Waals surface area contributed by atoms with Crippen LogP contribution in [0.5, 0.6) is 5.75 Å². The summed E-state index contributed by atoms with van der Waals surface area (Å²) in [5.74, 6) is -1.35. The fourth-order valence-electron chi connectivity index (χ4n) is 4.26. The summed E-state index contributed by atoms with van der Waals surface area (Å²) in [6.45, 7) is 4.34. The van der Waals surface area contributed by atoms with E-state index in [2.05, 4.69) is 15.2 Å². The van der Waals surface area contributed by atoms with Gasteiger partial charge in [0.15, 0.2) is 5.92 Å². The lowest BCUT2D eigenvalue weighted by Gasteiger charge is -2.39. The van der Waals surface area contributed by atoms with Crippen LogP contribution in [0.4, 0.5) is 11.4 Å². The molecule has 0 aliphatic carbocycles. The molecule has 0 aromatic heterocycles. The van der Waals surface area contributed by atoms with Crippen molar-refractivity contribution in [3.8, 4) is 5.75 Å². The van der Waals surface area contributed by atoms with Crippen molar-refractivity contribution in [1.29, 1.82) is 0 Å². The van der Waals surface area contributed by atoms with Gasteiger partial charge in [-0.2, -0.15) is 0 Å². The number of nitro benzene ring substituents is 1. The maximum absolute atomic E-state index is 13.0. The number of carbonyl (C=O) groups excluding carboxylic acids is 2. The highest BCUT2D eigenvalue weighted by Gasteiger charge is 2.42. The molecule has 0 saturated carbocycles. The number of amides is 1. The molecule has 2 aliphatic rings. The molecule has 1 N–H and O–H groups in total. The number of aliphatic imine (C=N–C) groups is 1. The number of methoxy groups -OCH3 is 1. The molecule has 35 heavy (non-hydrogen) atoms. The highest BCUT2D eigenvalue weighted by molar-refractivity contribution is 6.08. The lowest BCUT2D eigenvalue weighted by atomic mass is 9.91. The lowest BCUT2D eigenvalue weighted by molar-refractivity contribution is -0.384. The molecule has 11 heteroatoms. The molecule has 184 valence electrons. The number of nitrogens with one attached hydrogen (secondary N) is 1. The zero-order valence-corrected chi connectivity index (χ0v) is 19.5. The molecule has 2 aromatic rings. The van der Waals surface area contributed by atoms with Gasteiger partial charge in [0.05, 0.1) is 18.6 Å². The normalized spacial score (nSPS) is 20.1. The van der Waals surface area contributed by atoms with Gasteiger partial charge in [-0.05, 0) is 36.8 Å². The van der Waals surface area contributed by atoms with Crippen molar-refractivity contribution in [1.82, 2.24) is 10.2 Å². The number of rotatable bonds is 6. The fraction of sp³-hybridized carbons (Fsp3) is 0.375. The summed E-state index contributed by atoms with van der Waals surface area (Å²) in [6.07, 6.45) is 0. The van der Waals surface area contributed by atoms with Crippen LogP contribution in [-0.2, 0) is 14.3 Å². The molecule has 2 heterocycles. The Kier molecular flexibility index (Phi) is 7.14. The zero-order valence-electron chi connectivity index (χ0n) is 19.5. The minimum Gasteiger partial charge on any atom is -0.497 e. The molecule has 1 saturated heterocycles. The summed E-state index contributed by atoms with van der Waals surface area (Å²) in [5, 5.41) is 14.0. The van der Waals surface area contributed by atoms with Crippen LogP contribution < -0.4 is 15.0 Å². The average molecular weight is 482 g/mol. The average Bonchev–Trinajstić information content (AvgIpc) is 2.88. The van der Waals surface area contributed by atoms with Crippen LogP contribution in [0.15, 0.2) is 53.5 Å². The Bertz CT molecular complexity index is 1130. The smallest absolute Gasteiger partial charge is 0.321 e. The molecule has 4 rings (SSSR count). The lowest BCUT2D eigenvalue weighted by Crippen LogP contribution is -2.57. The third-order valence-corrected chi connectivity index (χ3v) is 6.07. The SMILES string of the molecule is CCOC(=O)[C@H]1C(=O)NC(N2CCN(c3ccc(OC)cc3)CC2)=N[C@H]1c1cccc([N+](=O)[O-])c1. The standard InChI is InChI=1S/C24H27N5O6/c1-3-35-23(31)20-21(16-5-4-6-18(15-16)29(32)33)25-24(26-22(20)30)28-13-11-27(12-14-28)17-7-9-19(34-2)10-8-17/h4-10,15,20-21H,3,11-14H2,1-2H3,(H,25,26,30)/t20-,21+/m1/s1. The van der Waals surface area contributed by atoms with Crippen molar-refractivity contribution >= 4 is 29.2 Å². The fourth-order valence-corrected chi connectivity index (χ4v) is 4.26. The largest absolute Gasteiger partial charge is 0.497 e. The van der Waals surface area contributed by atoms with Gasteiger partial charge in [-0.15, -0.1) is 0 Å². The van der Waals surface area contributed by atoms with Gasteiger partial charge in [0.25, 0.3) is 5.69 Å². The summed E-state index contributed by atoms with van der Waals surface area (Å²) in [4.78, 5) is 45.3. The van der Waals surface area contributed by atoms with Crippen LogP contribution >= 0.6 is 0 Å². The van der Waals surface area contributed by atoms with Gasteiger partial charge in [-0.25, -0.2) is 4.99 Å². The molecule has 11 nitrogen and oxygen atoms in total. The molecule has 1 fully saturated rings. The van der Waals surface area contributed by atoms with Crippen LogP contribution in [0.1, 0.15) is 18.5 Å². The first kappa shape index (κ1) is 24.0. The first-order chi connectivity index (χ1) is 16.9. The number of nitro groups is 1. The summed E-state index contributed by atoms with van der Waals surface area (Å²) in [7, 11) is 1.63. The molecule has 0 bridgehead atoms. The Balaban J connectivity index is 1.57. The van der Waals surface area contributed by atoms with E-state index in [-0.39, 0.29) is 12.3 Å². The van der Waals surface area contributed by atoms with Gasteiger partial charge in [0, 0.05) is 44.0 Å². The van der Waals surface area contributed by atoms with Crippen molar-refractivity contribution in [3.05, 3.63) is 64.2 Å². The first-order valence-electron chi connectivity index (χ1n) is 11.3. The number of ether oxygens (including phenoxy) is 2. The van der Waals surface area contributed by atoms with Crippen LogP contribution in [-0.4, -0.2) is 67.6 Å². The second-order valence-electron chi connectivity index (χ2n) is 8.14. The number of benzene rings is 2. The Morgan fingerprint density at radius 3 is 2.46 bits per heavy atom. The molecule has 2 aliphatic heterocycles. The van der Waals surface area contributed by atoms with Crippen molar-refractivity contribution in [2.45, 2.75) is 13.0 Å². The number of hydrogen-bond acceptors (Lipinski definition) is 9. The minimum atomic E-state index is -1.23. The van der Waals surface area contributed by atoms with E-state index in [1.54, 1.807) is 20.1 Å². The van der Waals surface area contributed by atoms with Crippen LogP contribution in [0, 0.1) is 16.0 Å². The second kappa shape index (κ2) is 10.4. The Hall–Kier alpha value is -4.15. The van der Waals surface area contributed by atoms with Crippen molar-refractivity contribution in [2.24, 2.45) is 10.9 Å². The summed E-state index contributed by atoms with van der Waals surface area (Å²) in [6, 6.07) is 12.7. The Morgan fingerprint density at radius 1 is 1.14 bits per heavy atom. The molecule has 0 spiro atoms. The van der Waals surface area contributed by atoms with E-state index in [4.69, 9.17) is 9.47 Å². The monoisotopic (exact) mass is 481 g/mol. The molecule has 2 aromatic carbocycles. The molecule has 1 amide bonds. The molecule has 0 unspecified atom stereocenters. The number of anilines is 1. The topological polar surface area (TPSA) is 127 Å². The summed E-state index contributed by atoms with van der Waals surface area (Å²) in [5.41, 5.74) is 1.33. The minimum absolute atomic E-state index is 0.105. The predicted octanol–water partition coefficient (Wildman–Crippen LogP) is 2.13. The highest BCUT2D eigenvalue weighted by atomic mass is 16.6. The first-order valence-corrected chi connectivity index (χ1v) is 11.3. The van der Waals surface area contributed by atoms with Gasteiger partial charge in [0.1, 0.15) is 11.8 Å². The molecular weight excluding hydrogens is 454 g/mol. The van der Waals surface area contributed by atoms with E-state index in [0.29, 0.717) is 37.7 Å². The Morgan fingerprint density at radius 2 is 1.83 bits per heavy atom. The zero-order chi connectivity index (χ0) is 24.9. The van der Waals surface area contributed by atoms with Gasteiger partial charge in [0.2, 0.25) is 11.9 Å². The number of guanidine groups is 1. The highest BCUT2D eigenvalue weighted by Crippen LogP contribution is 2.33. The predicted molar refractivity (Wildman–Crippen MR) is 128 cm³/mol. The van der Waals surface area contributed by atoms with E-state index >= 15 is 0 Å². The van der Waals surface area contributed by atoms with Gasteiger partial charge in [-0.3, -0.25) is 25.0 Å². The van der Waals surface area contributed by atoms with E-state index in [9.17, 15) is 19.7 Å². The molecular formula is C24H27N5O6. The quantitative estimate of drug-likeness (QED) is 0.288. The maximum Gasteiger partial charge on any atom is 0.321 e. The summed E-state index contributed by atoms with van der Waals surface area (Å²) >= 11 is 0. The van der Waals surface area contributed by atoms with Crippen LogP contribution in [0.3, 0.4) is 0 Å². The molecule has 2 atom stereocenters. The van der Waals surface area contributed by atoms with E-state index in [1.807, 2.05) is 29.2 Å². The van der Waals surface area contributed by atoms with E-state index < -0.39 is 28.8 Å². The van der Waals surface area contributed by atoms with Crippen LogP contribution in [0.25, 0.3) is 0 Å². The van der Waals surface area contributed by atoms with Crippen molar-refractivity contribution in [2.75, 3.05) is 44.8 Å². The van der Waals surface area contributed by atoms with Crippen LogP contribution in [0.2, 0.25) is 0 Å². The third-order valence-electron chi connectivity index (χ3n) is 6.07. The van der Waals surface area contributed by atoms with E-state index in [0.717, 1.165) is 11.4 Å². The number of piperazine rings is 1. The van der Waals surface area contributed by atoms with Gasteiger partial charge < -0.3 is 19.3 Å². The van der Waals surface area contributed by atoms with E-state index in [1.165, 1.54) is 18.2 Å². The Labute approximate surface area is 202 Å². The number of carbonyl (C=O) groups is 2. The van der Waals surface area contributed by atoms with Gasteiger partial charge in [-0.1, -0.05) is 12.1 Å². The number of nitrogens with zero attached hydrogens (tertiary/aromatic N) is 4.